The van der Waals surface area contributed by atoms with Crippen molar-refractivity contribution in [2.45, 2.75) is 46.2 Å². The quantitative estimate of drug-likeness (QED) is 0.735. The molecule has 0 aliphatic rings. The highest BCUT2D eigenvalue weighted by atomic mass is 16.5. The van der Waals surface area contributed by atoms with Gasteiger partial charge in [-0.25, -0.2) is 0 Å². The first-order chi connectivity index (χ1) is 8.69. The fraction of sp³-hybridized carbons (Fsp3) is 0.786. The van der Waals surface area contributed by atoms with E-state index in [9.17, 15) is 0 Å². The van der Waals surface area contributed by atoms with Gasteiger partial charge in [0.1, 0.15) is 0 Å². The first-order valence-corrected chi connectivity index (χ1v) is 6.93. The monoisotopic (exact) mass is 253 g/mol. The molecule has 1 heterocycles. The van der Waals surface area contributed by atoms with Crippen LogP contribution in [0.3, 0.4) is 0 Å². The van der Waals surface area contributed by atoms with Crippen LogP contribution in [-0.2, 0) is 11.3 Å². The first kappa shape index (κ1) is 15.2. The topological polar surface area (TPSA) is 39.1 Å². The standard InChI is InChI=1S/C14H27N3O/c1-5-15-13(7-6-12(2)3)14-8-9-16-17(14)10-11-18-4/h8-9,12-13,15H,5-7,10-11H2,1-4H3. The molecule has 1 unspecified atom stereocenters. The van der Waals surface area contributed by atoms with Gasteiger partial charge < -0.3 is 10.1 Å². The van der Waals surface area contributed by atoms with Crippen LogP contribution in [0.4, 0.5) is 0 Å². The molecule has 4 heteroatoms. The van der Waals surface area contributed by atoms with E-state index in [-0.39, 0.29) is 0 Å². The van der Waals surface area contributed by atoms with E-state index >= 15 is 0 Å². The average Bonchev–Trinajstić information content (AvgIpc) is 2.79. The second-order valence-electron chi connectivity index (χ2n) is 5.05. The molecule has 0 aromatic carbocycles. The van der Waals surface area contributed by atoms with Crippen LogP contribution in [0.25, 0.3) is 0 Å². The van der Waals surface area contributed by atoms with Crippen molar-refractivity contribution >= 4 is 0 Å². The normalized spacial score (nSPS) is 13.2. The number of rotatable bonds is 9. The lowest BCUT2D eigenvalue weighted by atomic mass is 10.0. The summed E-state index contributed by atoms with van der Waals surface area (Å²) in [5.74, 6) is 0.738. The zero-order chi connectivity index (χ0) is 13.4. The summed E-state index contributed by atoms with van der Waals surface area (Å²) < 4.78 is 7.18. The fourth-order valence-corrected chi connectivity index (χ4v) is 2.10. The summed E-state index contributed by atoms with van der Waals surface area (Å²) in [6, 6.07) is 2.51. The third kappa shape index (κ3) is 4.78. The Morgan fingerprint density at radius 1 is 1.39 bits per heavy atom. The number of nitrogens with one attached hydrogen (secondary N) is 1. The van der Waals surface area contributed by atoms with Crippen LogP contribution < -0.4 is 5.32 Å². The highest BCUT2D eigenvalue weighted by molar-refractivity contribution is 5.07. The summed E-state index contributed by atoms with van der Waals surface area (Å²) in [6.07, 6.45) is 4.27. The van der Waals surface area contributed by atoms with Gasteiger partial charge in [-0.05, 0) is 31.4 Å². The number of ether oxygens (including phenoxy) is 1. The summed E-state index contributed by atoms with van der Waals surface area (Å²) in [7, 11) is 1.73. The number of hydrogen-bond acceptors (Lipinski definition) is 3. The van der Waals surface area contributed by atoms with Crippen LogP contribution in [-0.4, -0.2) is 30.0 Å². The van der Waals surface area contributed by atoms with E-state index in [4.69, 9.17) is 4.74 Å². The van der Waals surface area contributed by atoms with Crippen molar-refractivity contribution < 1.29 is 4.74 Å². The van der Waals surface area contributed by atoms with Gasteiger partial charge in [0.05, 0.1) is 18.8 Å². The van der Waals surface area contributed by atoms with E-state index in [1.807, 2.05) is 6.20 Å². The van der Waals surface area contributed by atoms with E-state index in [1.54, 1.807) is 7.11 Å². The van der Waals surface area contributed by atoms with Crippen molar-refractivity contribution in [3.63, 3.8) is 0 Å². The molecule has 0 aliphatic carbocycles. The number of nitrogens with zero attached hydrogens (tertiary/aromatic N) is 2. The molecule has 0 saturated heterocycles. The van der Waals surface area contributed by atoms with Gasteiger partial charge in [-0.3, -0.25) is 4.68 Å². The molecule has 0 bridgehead atoms. The maximum atomic E-state index is 5.13. The predicted molar refractivity (Wildman–Crippen MR) is 74.6 cm³/mol. The Labute approximate surface area is 111 Å². The summed E-state index contributed by atoms with van der Waals surface area (Å²) in [6.45, 7) is 9.20. The second-order valence-corrected chi connectivity index (χ2v) is 5.05. The van der Waals surface area contributed by atoms with E-state index in [0.717, 1.165) is 25.4 Å². The molecule has 104 valence electrons. The lowest BCUT2D eigenvalue weighted by Gasteiger charge is -2.20. The van der Waals surface area contributed by atoms with Crippen LogP contribution in [0.15, 0.2) is 12.3 Å². The summed E-state index contributed by atoms with van der Waals surface area (Å²) >= 11 is 0. The lowest BCUT2D eigenvalue weighted by Crippen LogP contribution is -2.25. The number of aromatic nitrogens is 2. The van der Waals surface area contributed by atoms with Crippen LogP contribution in [0.2, 0.25) is 0 Å². The van der Waals surface area contributed by atoms with Crippen molar-refractivity contribution in [2.75, 3.05) is 20.3 Å². The molecular formula is C14H27N3O. The zero-order valence-corrected chi connectivity index (χ0v) is 12.1. The predicted octanol–water partition coefficient (Wildman–Crippen LogP) is 2.62. The molecule has 4 nitrogen and oxygen atoms in total. The molecule has 0 amide bonds. The van der Waals surface area contributed by atoms with Gasteiger partial charge in [0.25, 0.3) is 0 Å². The van der Waals surface area contributed by atoms with Crippen LogP contribution in [0.5, 0.6) is 0 Å². The minimum atomic E-state index is 0.400. The van der Waals surface area contributed by atoms with E-state index in [0.29, 0.717) is 12.6 Å². The van der Waals surface area contributed by atoms with Crippen molar-refractivity contribution in [3.05, 3.63) is 18.0 Å². The smallest absolute Gasteiger partial charge is 0.0659 e. The SMILES string of the molecule is CCNC(CCC(C)C)c1ccnn1CCOC. The van der Waals surface area contributed by atoms with Crippen molar-refractivity contribution in [1.29, 1.82) is 0 Å². The van der Waals surface area contributed by atoms with Crippen molar-refractivity contribution in [1.82, 2.24) is 15.1 Å². The minimum Gasteiger partial charge on any atom is -0.383 e. The van der Waals surface area contributed by atoms with E-state index in [1.165, 1.54) is 12.1 Å². The van der Waals surface area contributed by atoms with Gasteiger partial charge in [-0.1, -0.05) is 20.8 Å². The Bertz CT molecular complexity index is 323. The van der Waals surface area contributed by atoms with Gasteiger partial charge in [-0.15, -0.1) is 0 Å². The van der Waals surface area contributed by atoms with Gasteiger partial charge in [-0.2, -0.15) is 5.10 Å². The molecule has 1 rings (SSSR count). The van der Waals surface area contributed by atoms with E-state index in [2.05, 4.69) is 41.9 Å². The summed E-state index contributed by atoms with van der Waals surface area (Å²) in [5.41, 5.74) is 1.27. The lowest BCUT2D eigenvalue weighted by molar-refractivity contribution is 0.181. The molecule has 0 spiro atoms. The van der Waals surface area contributed by atoms with Gasteiger partial charge in [0.2, 0.25) is 0 Å². The van der Waals surface area contributed by atoms with Gasteiger partial charge in [0.15, 0.2) is 0 Å². The Balaban J connectivity index is 2.68. The third-order valence-electron chi connectivity index (χ3n) is 3.10. The Morgan fingerprint density at radius 2 is 2.17 bits per heavy atom. The van der Waals surface area contributed by atoms with E-state index < -0.39 is 0 Å². The Hall–Kier alpha value is -0.870. The van der Waals surface area contributed by atoms with Crippen LogP contribution in [0, 0.1) is 5.92 Å². The molecule has 0 saturated carbocycles. The highest BCUT2D eigenvalue weighted by Crippen LogP contribution is 2.20. The van der Waals surface area contributed by atoms with Gasteiger partial charge >= 0.3 is 0 Å². The minimum absolute atomic E-state index is 0.400. The Morgan fingerprint density at radius 3 is 2.78 bits per heavy atom. The largest absolute Gasteiger partial charge is 0.383 e. The fourth-order valence-electron chi connectivity index (χ4n) is 2.10. The summed E-state index contributed by atoms with van der Waals surface area (Å²) in [4.78, 5) is 0. The molecule has 1 N–H and O–H groups in total. The highest BCUT2D eigenvalue weighted by Gasteiger charge is 2.15. The average molecular weight is 253 g/mol. The maximum Gasteiger partial charge on any atom is 0.0659 e. The second kappa shape index (κ2) is 8.27. The van der Waals surface area contributed by atoms with Gasteiger partial charge in [0, 0.05) is 19.3 Å². The molecule has 0 radical (unpaired) electrons. The Kier molecular flexibility index (Phi) is 6.98. The third-order valence-corrected chi connectivity index (χ3v) is 3.10. The molecular weight excluding hydrogens is 226 g/mol. The molecule has 0 fully saturated rings. The van der Waals surface area contributed by atoms with Crippen molar-refractivity contribution in [3.8, 4) is 0 Å². The molecule has 0 aliphatic heterocycles. The zero-order valence-electron chi connectivity index (χ0n) is 12.1. The number of methoxy groups -OCH3 is 1. The molecule has 18 heavy (non-hydrogen) atoms. The molecule has 1 atom stereocenters. The first-order valence-electron chi connectivity index (χ1n) is 6.93. The van der Waals surface area contributed by atoms with Crippen LogP contribution in [0.1, 0.15) is 45.3 Å². The molecule has 1 aromatic rings. The summed E-state index contributed by atoms with van der Waals surface area (Å²) in [5, 5.41) is 7.94. The maximum absolute atomic E-state index is 5.13. The molecule has 1 aromatic heterocycles. The van der Waals surface area contributed by atoms with Crippen molar-refractivity contribution in [2.24, 2.45) is 5.92 Å². The number of hydrogen-bond donors (Lipinski definition) is 1. The van der Waals surface area contributed by atoms with Crippen LogP contribution >= 0.6 is 0 Å².